The van der Waals surface area contributed by atoms with Crippen molar-refractivity contribution in [1.29, 1.82) is 0 Å². The molecule has 1 amide bonds. The van der Waals surface area contributed by atoms with Crippen LogP contribution in [0.15, 0.2) is 33.9 Å². The van der Waals surface area contributed by atoms with E-state index in [-0.39, 0.29) is 18.3 Å². The molecule has 2 aromatic rings. The third-order valence-electron chi connectivity index (χ3n) is 2.67. The highest BCUT2D eigenvalue weighted by molar-refractivity contribution is 7.99. The number of hydrogen-bond donors (Lipinski definition) is 1. The summed E-state index contributed by atoms with van der Waals surface area (Å²) in [6, 6.07) is 7.14. The van der Waals surface area contributed by atoms with E-state index in [2.05, 4.69) is 15.5 Å². The summed E-state index contributed by atoms with van der Waals surface area (Å²) in [6.45, 7) is 4.85. The number of hydrogen-bond acceptors (Lipinski definition) is 6. The van der Waals surface area contributed by atoms with E-state index in [9.17, 15) is 4.79 Å². The van der Waals surface area contributed by atoms with Crippen LogP contribution in [-0.2, 0) is 11.4 Å². The van der Waals surface area contributed by atoms with E-state index in [1.807, 2.05) is 26.0 Å². The lowest BCUT2D eigenvalue weighted by molar-refractivity contribution is -0.118. The number of carbonyl (C=O) groups excluding carboxylic acids is 1. The largest absolute Gasteiger partial charge is 0.482 e. The molecule has 0 aliphatic rings. The van der Waals surface area contributed by atoms with E-state index in [1.54, 1.807) is 12.1 Å². The standard InChI is InChI=1S/C15H18ClN3O3S/c1-10(2)7-17-13(20)9-23-15-19-18-14(22-15)8-21-12-6-4-3-5-11(12)16/h3-6,10H,7-9H2,1-2H3,(H,17,20). The lowest BCUT2D eigenvalue weighted by Crippen LogP contribution is -2.28. The average molecular weight is 356 g/mol. The fraction of sp³-hybridized carbons (Fsp3) is 0.400. The van der Waals surface area contributed by atoms with Gasteiger partial charge in [-0.25, -0.2) is 0 Å². The van der Waals surface area contributed by atoms with Crippen LogP contribution in [0.25, 0.3) is 0 Å². The number of halogens is 1. The molecule has 0 spiro atoms. The number of benzene rings is 1. The highest BCUT2D eigenvalue weighted by atomic mass is 35.5. The second kappa shape index (κ2) is 8.79. The van der Waals surface area contributed by atoms with Gasteiger partial charge in [-0.1, -0.05) is 49.3 Å². The normalized spacial score (nSPS) is 10.8. The molecular weight excluding hydrogens is 338 g/mol. The maximum atomic E-state index is 11.6. The first-order valence-electron chi connectivity index (χ1n) is 7.14. The molecule has 1 aromatic carbocycles. The minimum absolute atomic E-state index is 0.0595. The Morgan fingerprint density at radius 2 is 2.17 bits per heavy atom. The Kier molecular flexibility index (Phi) is 6.73. The first-order valence-corrected chi connectivity index (χ1v) is 8.50. The fourth-order valence-electron chi connectivity index (χ4n) is 1.55. The van der Waals surface area contributed by atoms with Crippen LogP contribution in [0.4, 0.5) is 0 Å². The topological polar surface area (TPSA) is 77.2 Å². The maximum absolute atomic E-state index is 11.6. The molecule has 0 bridgehead atoms. The summed E-state index contributed by atoms with van der Waals surface area (Å²) < 4.78 is 10.9. The number of amides is 1. The third-order valence-corrected chi connectivity index (χ3v) is 3.80. The molecule has 6 nitrogen and oxygen atoms in total. The average Bonchev–Trinajstić information content (AvgIpc) is 2.98. The summed E-state index contributed by atoms with van der Waals surface area (Å²) in [5, 5.41) is 11.4. The number of rotatable bonds is 8. The van der Waals surface area contributed by atoms with Crippen molar-refractivity contribution >= 4 is 29.3 Å². The monoisotopic (exact) mass is 355 g/mol. The molecule has 8 heteroatoms. The molecule has 1 heterocycles. The van der Waals surface area contributed by atoms with Crippen LogP contribution in [0.5, 0.6) is 5.75 Å². The van der Waals surface area contributed by atoms with E-state index in [0.29, 0.717) is 34.3 Å². The molecular formula is C15H18ClN3O3S. The Morgan fingerprint density at radius 3 is 2.91 bits per heavy atom. The van der Waals surface area contributed by atoms with Crippen molar-refractivity contribution < 1.29 is 13.9 Å². The first kappa shape index (κ1) is 17.6. The van der Waals surface area contributed by atoms with Gasteiger partial charge in [0.1, 0.15) is 5.75 Å². The molecule has 124 valence electrons. The van der Waals surface area contributed by atoms with E-state index in [0.717, 1.165) is 0 Å². The molecule has 0 aliphatic heterocycles. The van der Waals surface area contributed by atoms with Gasteiger partial charge in [-0.15, -0.1) is 10.2 Å². The second-order valence-corrected chi connectivity index (χ2v) is 6.50. The summed E-state index contributed by atoms with van der Waals surface area (Å²) >= 11 is 7.18. The van der Waals surface area contributed by atoms with Gasteiger partial charge in [0.2, 0.25) is 5.91 Å². The molecule has 0 aliphatic carbocycles. The Labute approximate surface area is 143 Å². The van der Waals surface area contributed by atoms with Crippen LogP contribution >= 0.6 is 23.4 Å². The molecule has 1 aromatic heterocycles. The fourth-order valence-corrected chi connectivity index (χ4v) is 2.35. The summed E-state index contributed by atoms with van der Waals surface area (Å²) in [4.78, 5) is 11.6. The summed E-state index contributed by atoms with van der Waals surface area (Å²) in [5.74, 6) is 1.47. The highest BCUT2D eigenvalue weighted by Gasteiger charge is 2.11. The van der Waals surface area contributed by atoms with Crippen molar-refractivity contribution in [3.8, 4) is 5.75 Å². The van der Waals surface area contributed by atoms with E-state index in [4.69, 9.17) is 20.8 Å². The Morgan fingerprint density at radius 1 is 1.39 bits per heavy atom. The molecule has 0 atom stereocenters. The van der Waals surface area contributed by atoms with Gasteiger partial charge in [0.25, 0.3) is 11.1 Å². The summed E-state index contributed by atoms with van der Waals surface area (Å²) in [5.41, 5.74) is 0. The number of ether oxygens (including phenoxy) is 1. The molecule has 0 fully saturated rings. The van der Waals surface area contributed by atoms with Gasteiger partial charge in [-0.2, -0.15) is 0 Å². The highest BCUT2D eigenvalue weighted by Crippen LogP contribution is 2.24. The molecule has 0 saturated heterocycles. The van der Waals surface area contributed by atoms with Crippen molar-refractivity contribution in [3.05, 3.63) is 35.2 Å². The number of carbonyl (C=O) groups is 1. The van der Waals surface area contributed by atoms with Gasteiger partial charge in [0.05, 0.1) is 10.8 Å². The summed E-state index contributed by atoms with van der Waals surface area (Å²) in [6.07, 6.45) is 0. The number of nitrogens with one attached hydrogen (secondary N) is 1. The van der Waals surface area contributed by atoms with Crippen LogP contribution in [-0.4, -0.2) is 28.4 Å². The molecule has 2 rings (SSSR count). The number of nitrogens with zero attached hydrogens (tertiary/aromatic N) is 2. The van der Waals surface area contributed by atoms with Crippen molar-refractivity contribution in [2.45, 2.75) is 25.7 Å². The van der Waals surface area contributed by atoms with Gasteiger partial charge in [-0.3, -0.25) is 4.79 Å². The van der Waals surface area contributed by atoms with Gasteiger partial charge in [0.15, 0.2) is 6.61 Å². The zero-order valence-corrected chi connectivity index (χ0v) is 14.5. The Hall–Kier alpha value is -1.73. The van der Waals surface area contributed by atoms with E-state index >= 15 is 0 Å². The van der Waals surface area contributed by atoms with Crippen LogP contribution in [0.3, 0.4) is 0 Å². The van der Waals surface area contributed by atoms with Crippen LogP contribution in [0, 0.1) is 5.92 Å². The molecule has 0 saturated carbocycles. The summed E-state index contributed by atoms with van der Waals surface area (Å²) in [7, 11) is 0. The SMILES string of the molecule is CC(C)CNC(=O)CSc1nnc(COc2ccccc2Cl)o1. The van der Waals surface area contributed by atoms with Crippen molar-refractivity contribution in [2.75, 3.05) is 12.3 Å². The van der Waals surface area contributed by atoms with E-state index in [1.165, 1.54) is 11.8 Å². The Balaban J connectivity index is 1.77. The van der Waals surface area contributed by atoms with Gasteiger partial charge in [-0.05, 0) is 18.1 Å². The molecule has 23 heavy (non-hydrogen) atoms. The minimum Gasteiger partial charge on any atom is -0.482 e. The Bertz CT molecular complexity index is 648. The van der Waals surface area contributed by atoms with E-state index < -0.39 is 0 Å². The van der Waals surface area contributed by atoms with Crippen LogP contribution in [0.2, 0.25) is 5.02 Å². The predicted molar refractivity (Wildman–Crippen MR) is 88.7 cm³/mol. The van der Waals surface area contributed by atoms with Crippen molar-refractivity contribution in [3.63, 3.8) is 0 Å². The number of para-hydroxylation sites is 1. The van der Waals surface area contributed by atoms with Crippen LogP contribution in [0.1, 0.15) is 19.7 Å². The molecule has 0 radical (unpaired) electrons. The lowest BCUT2D eigenvalue weighted by atomic mass is 10.2. The van der Waals surface area contributed by atoms with Crippen molar-refractivity contribution in [1.82, 2.24) is 15.5 Å². The van der Waals surface area contributed by atoms with Gasteiger partial charge >= 0.3 is 0 Å². The maximum Gasteiger partial charge on any atom is 0.277 e. The smallest absolute Gasteiger partial charge is 0.277 e. The zero-order valence-electron chi connectivity index (χ0n) is 12.9. The molecule has 1 N–H and O–H groups in total. The molecule has 0 unspecified atom stereocenters. The lowest BCUT2D eigenvalue weighted by Gasteiger charge is -2.06. The quantitative estimate of drug-likeness (QED) is 0.733. The van der Waals surface area contributed by atoms with Gasteiger partial charge < -0.3 is 14.5 Å². The van der Waals surface area contributed by atoms with Crippen molar-refractivity contribution in [2.24, 2.45) is 5.92 Å². The second-order valence-electron chi connectivity index (χ2n) is 5.17. The number of thioether (sulfide) groups is 1. The predicted octanol–water partition coefficient (Wildman–Crippen LogP) is 3.17. The third kappa shape index (κ3) is 6.11. The number of aromatic nitrogens is 2. The minimum atomic E-state index is -0.0595. The zero-order chi connectivity index (χ0) is 16.7. The van der Waals surface area contributed by atoms with Gasteiger partial charge in [0, 0.05) is 6.54 Å². The first-order chi connectivity index (χ1) is 11.0. The van der Waals surface area contributed by atoms with Crippen LogP contribution < -0.4 is 10.1 Å².